The maximum atomic E-state index is 12.4. The highest BCUT2D eigenvalue weighted by atomic mass is 16.5. The molecule has 1 unspecified atom stereocenters. The van der Waals surface area contributed by atoms with Crippen molar-refractivity contribution in [3.8, 4) is 11.1 Å². The van der Waals surface area contributed by atoms with Gasteiger partial charge in [-0.15, -0.1) is 0 Å². The molecule has 10 nitrogen and oxygen atoms in total. The van der Waals surface area contributed by atoms with Crippen molar-refractivity contribution in [2.24, 2.45) is 0 Å². The summed E-state index contributed by atoms with van der Waals surface area (Å²) in [6.07, 6.45) is -1.06. The van der Waals surface area contributed by atoms with Gasteiger partial charge < -0.3 is 30.1 Å². The first kappa shape index (κ1) is 24.2. The van der Waals surface area contributed by atoms with E-state index in [0.29, 0.717) is 0 Å². The van der Waals surface area contributed by atoms with Gasteiger partial charge in [0, 0.05) is 25.6 Å². The van der Waals surface area contributed by atoms with Gasteiger partial charge in [0.2, 0.25) is 11.8 Å². The number of rotatable bonds is 9. The van der Waals surface area contributed by atoms with Gasteiger partial charge >= 0.3 is 12.1 Å². The van der Waals surface area contributed by atoms with E-state index in [1.165, 1.54) is 4.90 Å². The predicted octanol–water partition coefficient (Wildman–Crippen LogP) is 1.34. The quantitative estimate of drug-likeness (QED) is 0.460. The van der Waals surface area contributed by atoms with Gasteiger partial charge in [-0.3, -0.25) is 14.4 Å². The Hall–Kier alpha value is -3.92. The van der Waals surface area contributed by atoms with Crippen LogP contribution in [0.3, 0.4) is 0 Å². The van der Waals surface area contributed by atoms with Gasteiger partial charge in [0.25, 0.3) is 0 Å². The molecule has 1 aliphatic heterocycles. The Kier molecular flexibility index (Phi) is 7.61. The Morgan fingerprint density at radius 3 is 2.37 bits per heavy atom. The number of fused-ring (bicyclic) bond motifs is 3. The number of nitrogens with zero attached hydrogens (tertiary/aromatic N) is 1. The van der Waals surface area contributed by atoms with Crippen LogP contribution in [0, 0.1) is 0 Å². The number of carbonyl (C=O) groups is 4. The van der Waals surface area contributed by atoms with E-state index >= 15 is 0 Å². The van der Waals surface area contributed by atoms with Crippen LogP contribution < -0.4 is 10.6 Å². The van der Waals surface area contributed by atoms with Crippen molar-refractivity contribution in [2.75, 3.05) is 39.5 Å². The maximum Gasteiger partial charge on any atom is 0.407 e. The summed E-state index contributed by atoms with van der Waals surface area (Å²) in [5.41, 5.74) is 4.53. The summed E-state index contributed by atoms with van der Waals surface area (Å²) in [6.45, 7) is 0.521. The highest BCUT2D eigenvalue weighted by molar-refractivity contribution is 5.92. The summed E-state index contributed by atoms with van der Waals surface area (Å²) < 4.78 is 10.8. The Morgan fingerprint density at radius 2 is 1.71 bits per heavy atom. The number of carboxylic acid groups (broad SMARTS) is 1. The number of hydrogen-bond acceptors (Lipinski definition) is 6. The Morgan fingerprint density at radius 1 is 1.06 bits per heavy atom. The highest BCUT2D eigenvalue weighted by Gasteiger charge is 2.34. The van der Waals surface area contributed by atoms with Crippen LogP contribution in [0.25, 0.3) is 11.1 Å². The minimum Gasteiger partial charge on any atom is -0.481 e. The Bertz CT molecular complexity index is 1070. The molecule has 1 heterocycles. The predicted molar refractivity (Wildman–Crippen MR) is 125 cm³/mol. The smallest absolute Gasteiger partial charge is 0.407 e. The van der Waals surface area contributed by atoms with Crippen molar-refractivity contribution in [1.29, 1.82) is 0 Å². The van der Waals surface area contributed by atoms with E-state index in [4.69, 9.17) is 14.6 Å². The number of aliphatic carboxylic acids is 1. The molecule has 0 radical (unpaired) electrons. The number of benzene rings is 2. The first-order valence-electron chi connectivity index (χ1n) is 11.4. The average molecular weight is 482 g/mol. The van der Waals surface area contributed by atoms with Crippen LogP contribution in [-0.2, 0) is 23.9 Å². The molecule has 10 heteroatoms. The van der Waals surface area contributed by atoms with Gasteiger partial charge in [0.1, 0.15) is 19.3 Å². The van der Waals surface area contributed by atoms with Crippen molar-refractivity contribution in [3.05, 3.63) is 59.7 Å². The first-order chi connectivity index (χ1) is 17.0. The Balaban J connectivity index is 1.19. The second kappa shape index (κ2) is 11.0. The van der Waals surface area contributed by atoms with E-state index < -0.39 is 36.3 Å². The first-order valence-corrected chi connectivity index (χ1v) is 11.4. The van der Waals surface area contributed by atoms with Crippen LogP contribution in [0.1, 0.15) is 23.5 Å². The molecule has 2 aromatic rings. The summed E-state index contributed by atoms with van der Waals surface area (Å²) in [5.74, 6) is -2.18. The fourth-order valence-corrected chi connectivity index (χ4v) is 4.50. The SMILES string of the molecule is O=C(O)CC1C(=O)NCCN1C(=O)COCCNC(=O)OCC1c2ccccc2-c2ccccc21. The summed E-state index contributed by atoms with van der Waals surface area (Å²) >= 11 is 0. The standard InChI is InChI=1S/C25H27N3O7/c29-22(28-11-9-26-24(32)21(28)13-23(30)31)15-34-12-10-27-25(33)35-14-20-18-7-3-1-5-16(18)17-6-2-4-8-19(17)20/h1-8,20-21H,9-15H2,(H,26,32)(H,27,33)(H,30,31). The molecule has 35 heavy (non-hydrogen) atoms. The number of amides is 3. The molecule has 1 atom stereocenters. The summed E-state index contributed by atoms with van der Waals surface area (Å²) in [6, 6.07) is 15.1. The summed E-state index contributed by atoms with van der Waals surface area (Å²) in [4.78, 5) is 48.7. The van der Waals surface area contributed by atoms with Crippen molar-refractivity contribution in [3.63, 3.8) is 0 Å². The molecule has 3 amide bonds. The van der Waals surface area contributed by atoms with Gasteiger partial charge in [-0.1, -0.05) is 48.5 Å². The molecule has 3 N–H and O–H groups in total. The molecular formula is C25H27N3O7. The lowest BCUT2D eigenvalue weighted by Crippen LogP contribution is -2.58. The number of alkyl carbamates (subject to hydrolysis) is 1. The topological polar surface area (TPSA) is 134 Å². The lowest BCUT2D eigenvalue weighted by atomic mass is 9.98. The van der Waals surface area contributed by atoms with Crippen molar-refractivity contribution in [2.45, 2.75) is 18.4 Å². The van der Waals surface area contributed by atoms with Crippen LogP contribution in [0.5, 0.6) is 0 Å². The number of ether oxygens (including phenoxy) is 2. The van der Waals surface area contributed by atoms with Gasteiger partial charge in [-0.2, -0.15) is 0 Å². The van der Waals surface area contributed by atoms with E-state index in [1.54, 1.807) is 0 Å². The second-order valence-electron chi connectivity index (χ2n) is 8.30. The molecule has 2 aliphatic rings. The number of hydrogen-bond donors (Lipinski definition) is 3. The lowest BCUT2D eigenvalue weighted by molar-refractivity contribution is -0.150. The normalized spacial score (nSPS) is 16.7. The highest BCUT2D eigenvalue weighted by Crippen LogP contribution is 2.44. The third kappa shape index (κ3) is 5.60. The van der Waals surface area contributed by atoms with E-state index in [0.717, 1.165) is 22.3 Å². The second-order valence-corrected chi connectivity index (χ2v) is 8.30. The molecule has 1 saturated heterocycles. The molecule has 0 bridgehead atoms. The van der Waals surface area contributed by atoms with E-state index in [-0.39, 0.29) is 45.4 Å². The molecule has 184 valence electrons. The lowest BCUT2D eigenvalue weighted by Gasteiger charge is -2.34. The molecular weight excluding hydrogens is 454 g/mol. The minimum absolute atomic E-state index is 0.0393. The molecule has 4 rings (SSSR count). The molecule has 1 fully saturated rings. The molecule has 1 aliphatic carbocycles. The summed E-state index contributed by atoms with van der Waals surface area (Å²) in [5, 5.41) is 14.1. The zero-order chi connectivity index (χ0) is 24.8. The van der Waals surface area contributed by atoms with Crippen LogP contribution in [0.2, 0.25) is 0 Å². The van der Waals surface area contributed by atoms with Gasteiger partial charge in [-0.05, 0) is 22.3 Å². The van der Waals surface area contributed by atoms with E-state index in [1.807, 2.05) is 36.4 Å². The average Bonchev–Trinajstić information content (AvgIpc) is 3.17. The monoisotopic (exact) mass is 481 g/mol. The van der Waals surface area contributed by atoms with Crippen molar-refractivity contribution >= 4 is 23.9 Å². The molecule has 0 saturated carbocycles. The van der Waals surface area contributed by atoms with Crippen LogP contribution in [0.15, 0.2) is 48.5 Å². The molecule has 0 spiro atoms. The fraction of sp³-hybridized carbons (Fsp3) is 0.360. The van der Waals surface area contributed by atoms with E-state index in [2.05, 4.69) is 22.8 Å². The van der Waals surface area contributed by atoms with Gasteiger partial charge in [-0.25, -0.2) is 4.79 Å². The largest absolute Gasteiger partial charge is 0.481 e. The third-order valence-corrected chi connectivity index (χ3v) is 6.10. The number of nitrogens with one attached hydrogen (secondary N) is 2. The van der Waals surface area contributed by atoms with Gasteiger partial charge in [0.05, 0.1) is 13.0 Å². The van der Waals surface area contributed by atoms with E-state index in [9.17, 15) is 19.2 Å². The molecule has 2 aromatic carbocycles. The zero-order valence-electron chi connectivity index (χ0n) is 19.1. The van der Waals surface area contributed by atoms with Crippen LogP contribution in [-0.4, -0.2) is 79.4 Å². The van der Waals surface area contributed by atoms with Crippen LogP contribution in [0.4, 0.5) is 4.79 Å². The van der Waals surface area contributed by atoms with Crippen molar-refractivity contribution < 1.29 is 33.8 Å². The maximum absolute atomic E-state index is 12.4. The number of carboxylic acids is 1. The fourth-order valence-electron chi connectivity index (χ4n) is 4.50. The Labute approximate surface area is 202 Å². The van der Waals surface area contributed by atoms with Gasteiger partial charge in [0.15, 0.2) is 0 Å². The molecule has 0 aromatic heterocycles. The van der Waals surface area contributed by atoms with Crippen LogP contribution >= 0.6 is 0 Å². The summed E-state index contributed by atoms with van der Waals surface area (Å²) in [7, 11) is 0. The van der Waals surface area contributed by atoms with Crippen molar-refractivity contribution in [1.82, 2.24) is 15.5 Å². The number of carbonyl (C=O) groups excluding carboxylic acids is 3. The number of piperazine rings is 1. The minimum atomic E-state index is -1.17. The zero-order valence-corrected chi connectivity index (χ0v) is 19.1. The third-order valence-electron chi connectivity index (χ3n) is 6.10.